The molecule has 0 saturated carbocycles. The largest absolute Gasteiger partial charge is 0.352 e. The van der Waals surface area contributed by atoms with Crippen molar-refractivity contribution in [2.24, 2.45) is 5.73 Å². The summed E-state index contributed by atoms with van der Waals surface area (Å²) in [6, 6.07) is 1.86. The lowest BCUT2D eigenvalue weighted by molar-refractivity contribution is 0.566. The monoisotopic (exact) mass is 333 g/mol. The number of pyridine rings is 1. The van der Waals surface area contributed by atoms with E-state index in [1.165, 1.54) is 0 Å². The van der Waals surface area contributed by atoms with Gasteiger partial charge in [0.2, 0.25) is 0 Å². The van der Waals surface area contributed by atoms with E-state index < -0.39 is 9.84 Å². The highest BCUT2D eigenvalue weighted by Crippen LogP contribution is 2.25. The molecular weight excluding hydrogens is 318 g/mol. The van der Waals surface area contributed by atoms with Crippen molar-refractivity contribution in [2.45, 2.75) is 19.5 Å². The molecule has 0 bridgehead atoms. The average molecular weight is 334 g/mol. The maximum Gasteiger partial charge on any atom is 0.154 e. The third-order valence-corrected chi connectivity index (χ3v) is 5.30. The topological polar surface area (TPSA) is 76.3 Å². The smallest absolute Gasteiger partial charge is 0.154 e. The van der Waals surface area contributed by atoms with E-state index >= 15 is 0 Å². The molecule has 0 radical (unpaired) electrons. The summed E-state index contributed by atoms with van der Waals surface area (Å²) in [5, 5.41) is 0. The summed E-state index contributed by atoms with van der Waals surface area (Å²) in [5.74, 6) is 1.15. The number of hydrogen-bond donors (Lipinski definition) is 1. The molecule has 0 spiro atoms. The Kier molecular flexibility index (Phi) is 3.93. The predicted molar refractivity (Wildman–Crippen MR) is 75.3 cm³/mol. The van der Waals surface area contributed by atoms with Crippen molar-refractivity contribution in [1.29, 1.82) is 0 Å². The average Bonchev–Trinajstić information content (AvgIpc) is 2.29. The molecule has 1 aromatic rings. The van der Waals surface area contributed by atoms with E-state index in [2.05, 4.69) is 20.9 Å². The molecule has 1 aliphatic rings. The zero-order valence-electron chi connectivity index (χ0n) is 10.1. The Hall–Kier alpha value is -0.660. The van der Waals surface area contributed by atoms with Crippen LogP contribution >= 0.6 is 15.9 Å². The van der Waals surface area contributed by atoms with Crippen LogP contribution in [0.25, 0.3) is 0 Å². The van der Waals surface area contributed by atoms with Crippen LogP contribution in [-0.4, -0.2) is 37.5 Å². The quantitative estimate of drug-likeness (QED) is 0.871. The molecule has 1 aliphatic heterocycles. The van der Waals surface area contributed by atoms with Crippen LogP contribution in [0.15, 0.2) is 16.7 Å². The molecule has 0 amide bonds. The summed E-state index contributed by atoms with van der Waals surface area (Å²) in [5.41, 5.74) is 6.65. The third kappa shape index (κ3) is 2.84. The second kappa shape index (κ2) is 5.14. The fourth-order valence-electron chi connectivity index (χ4n) is 2.20. The minimum absolute atomic E-state index is 0.0669. The Morgan fingerprint density at radius 2 is 2.33 bits per heavy atom. The second-order valence-corrected chi connectivity index (χ2v) is 7.64. The van der Waals surface area contributed by atoms with Gasteiger partial charge in [0.25, 0.3) is 0 Å². The first kappa shape index (κ1) is 13.8. The third-order valence-electron chi connectivity index (χ3n) is 3.07. The van der Waals surface area contributed by atoms with Crippen LogP contribution in [0.4, 0.5) is 5.82 Å². The van der Waals surface area contributed by atoms with E-state index in [4.69, 9.17) is 5.73 Å². The number of hydrogen-bond acceptors (Lipinski definition) is 5. The van der Waals surface area contributed by atoms with Crippen molar-refractivity contribution >= 4 is 31.6 Å². The van der Waals surface area contributed by atoms with Gasteiger partial charge in [-0.1, -0.05) is 0 Å². The van der Waals surface area contributed by atoms with Gasteiger partial charge >= 0.3 is 0 Å². The number of rotatable bonds is 2. The lowest BCUT2D eigenvalue weighted by Gasteiger charge is -2.35. The molecule has 2 N–H and O–H groups in total. The van der Waals surface area contributed by atoms with Crippen molar-refractivity contribution in [3.8, 4) is 0 Å². The van der Waals surface area contributed by atoms with Crippen molar-refractivity contribution in [3.63, 3.8) is 0 Å². The Balaban J connectivity index is 2.32. The van der Waals surface area contributed by atoms with Crippen LogP contribution in [0.1, 0.15) is 12.5 Å². The SMILES string of the molecule is CC1CS(=O)(=O)CCN1c1ncc(Br)cc1CN. The summed E-state index contributed by atoms with van der Waals surface area (Å²) in [6.45, 7) is 2.77. The lowest BCUT2D eigenvalue weighted by Crippen LogP contribution is -2.47. The highest BCUT2D eigenvalue weighted by atomic mass is 79.9. The summed E-state index contributed by atoms with van der Waals surface area (Å²) in [6.07, 6.45) is 1.71. The van der Waals surface area contributed by atoms with Crippen molar-refractivity contribution < 1.29 is 8.42 Å². The Morgan fingerprint density at radius 3 is 2.94 bits per heavy atom. The van der Waals surface area contributed by atoms with Gasteiger partial charge in [-0.2, -0.15) is 0 Å². The van der Waals surface area contributed by atoms with Gasteiger partial charge < -0.3 is 10.6 Å². The van der Waals surface area contributed by atoms with E-state index in [-0.39, 0.29) is 17.5 Å². The fourth-order valence-corrected chi connectivity index (χ4v) is 4.13. The maximum absolute atomic E-state index is 11.6. The van der Waals surface area contributed by atoms with Gasteiger partial charge in [0.1, 0.15) is 5.82 Å². The molecule has 1 fully saturated rings. The number of sulfone groups is 1. The predicted octanol–water partition coefficient (Wildman–Crippen LogP) is 0.926. The molecule has 100 valence electrons. The fraction of sp³-hybridized carbons (Fsp3) is 0.545. The zero-order chi connectivity index (χ0) is 13.3. The van der Waals surface area contributed by atoms with Crippen molar-refractivity contribution in [2.75, 3.05) is 23.0 Å². The Labute approximate surface area is 115 Å². The summed E-state index contributed by atoms with van der Waals surface area (Å²) >= 11 is 3.36. The van der Waals surface area contributed by atoms with Crippen LogP contribution in [0.5, 0.6) is 0 Å². The molecular formula is C11H16BrN3O2S. The van der Waals surface area contributed by atoms with Gasteiger partial charge in [0, 0.05) is 35.4 Å². The van der Waals surface area contributed by atoms with Crippen molar-refractivity contribution in [1.82, 2.24) is 4.98 Å². The van der Waals surface area contributed by atoms with E-state index in [0.717, 1.165) is 15.9 Å². The van der Waals surface area contributed by atoms with Crippen LogP contribution in [0.2, 0.25) is 0 Å². The lowest BCUT2D eigenvalue weighted by atomic mass is 10.2. The van der Waals surface area contributed by atoms with E-state index in [1.54, 1.807) is 6.20 Å². The molecule has 1 atom stereocenters. The maximum atomic E-state index is 11.6. The molecule has 0 aliphatic carbocycles. The Morgan fingerprint density at radius 1 is 1.61 bits per heavy atom. The number of aromatic nitrogens is 1. The van der Waals surface area contributed by atoms with Gasteiger partial charge in [0.15, 0.2) is 9.84 Å². The first-order valence-corrected chi connectivity index (χ1v) is 8.36. The second-order valence-electron chi connectivity index (χ2n) is 4.50. The van der Waals surface area contributed by atoms with E-state index in [1.807, 2.05) is 17.9 Å². The molecule has 1 unspecified atom stereocenters. The van der Waals surface area contributed by atoms with Crippen LogP contribution in [0.3, 0.4) is 0 Å². The van der Waals surface area contributed by atoms with Gasteiger partial charge in [-0.3, -0.25) is 0 Å². The summed E-state index contributed by atoms with van der Waals surface area (Å²) < 4.78 is 24.0. The highest BCUT2D eigenvalue weighted by Gasteiger charge is 2.29. The molecule has 18 heavy (non-hydrogen) atoms. The van der Waals surface area contributed by atoms with Gasteiger partial charge in [-0.15, -0.1) is 0 Å². The van der Waals surface area contributed by atoms with Gasteiger partial charge in [-0.25, -0.2) is 13.4 Å². The first-order chi connectivity index (χ1) is 8.43. The number of nitrogens with zero attached hydrogens (tertiary/aromatic N) is 2. The molecule has 5 nitrogen and oxygen atoms in total. The van der Waals surface area contributed by atoms with Gasteiger partial charge in [-0.05, 0) is 28.9 Å². The Bertz CT molecular complexity index is 547. The van der Waals surface area contributed by atoms with Crippen LogP contribution in [0, 0.1) is 0 Å². The number of anilines is 1. The summed E-state index contributed by atoms with van der Waals surface area (Å²) in [4.78, 5) is 6.40. The van der Waals surface area contributed by atoms with Gasteiger partial charge in [0.05, 0.1) is 11.5 Å². The molecule has 2 heterocycles. The van der Waals surface area contributed by atoms with Crippen molar-refractivity contribution in [3.05, 3.63) is 22.3 Å². The van der Waals surface area contributed by atoms with Crippen LogP contribution < -0.4 is 10.6 Å². The normalized spacial score (nSPS) is 23.1. The molecule has 7 heteroatoms. The molecule has 2 rings (SSSR count). The van der Waals surface area contributed by atoms with E-state index in [0.29, 0.717) is 13.1 Å². The zero-order valence-corrected chi connectivity index (χ0v) is 12.5. The highest BCUT2D eigenvalue weighted by molar-refractivity contribution is 9.10. The minimum Gasteiger partial charge on any atom is -0.352 e. The summed E-state index contributed by atoms with van der Waals surface area (Å²) in [7, 11) is -2.91. The standard InChI is InChI=1S/C11H16BrN3O2S/c1-8-7-18(16,17)3-2-15(8)11-9(5-13)4-10(12)6-14-11/h4,6,8H,2-3,5,7,13H2,1H3. The molecule has 1 saturated heterocycles. The number of halogens is 1. The molecule has 0 aromatic carbocycles. The minimum atomic E-state index is -2.91. The molecule has 1 aromatic heterocycles. The van der Waals surface area contributed by atoms with Crippen LogP contribution in [-0.2, 0) is 16.4 Å². The van der Waals surface area contributed by atoms with E-state index in [9.17, 15) is 8.42 Å². The first-order valence-electron chi connectivity index (χ1n) is 5.74. The number of nitrogens with two attached hydrogens (primary N) is 1.